The Bertz CT molecular complexity index is 1320. The molecule has 3 aromatic carbocycles. The number of rotatable bonds is 4. The van der Waals surface area contributed by atoms with Crippen LogP contribution in [0.2, 0.25) is 18.6 Å². The summed E-state index contributed by atoms with van der Waals surface area (Å²) in [4.78, 5) is 0. The summed E-state index contributed by atoms with van der Waals surface area (Å²) in [6.07, 6.45) is 7.72. The van der Waals surface area contributed by atoms with Gasteiger partial charge in [-0.1, -0.05) is 86.4 Å². The smallest absolute Gasteiger partial charge is 0.206 e. The van der Waals surface area contributed by atoms with Gasteiger partial charge in [-0.25, -0.2) is 8.96 Å². The molecule has 1 aromatic heterocycles. The van der Waals surface area contributed by atoms with Crippen LogP contribution in [0.4, 0.5) is 4.39 Å². The summed E-state index contributed by atoms with van der Waals surface area (Å²) >= 11 is 0. The molecular weight excluding hydrogens is 421 g/mol. The van der Waals surface area contributed by atoms with Crippen molar-refractivity contribution in [1.29, 1.82) is 0 Å². The molecule has 0 saturated heterocycles. The van der Waals surface area contributed by atoms with Gasteiger partial charge in [-0.15, -0.1) is 0 Å². The zero-order chi connectivity index (χ0) is 23.2. The van der Waals surface area contributed by atoms with E-state index in [9.17, 15) is 4.39 Å². The second kappa shape index (κ2) is 8.53. The van der Waals surface area contributed by atoms with Crippen LogP contribution in [0.3, 0.4) is 0 Å². The number of pyridine rings is 1. The van der Waals surface area contributed by atoms with Crippen molar-refractivity contribution in [2.24, 2.45) is 7.05 Å². The first-order valence-corrected chi connectivity index (χ1v) is 15.2. The number of aryl methyl sites for hydroxylation is 2. The van der Waals surface area contributed by atoms with Crippen LogP contribution >= 0.6 is 0 Å². The summed E-state index contributed by atoms with van der Waals surface area (Å²) in [5.41, 5.74) is 5.64. The van der Waals surface area contributed by atoms with E-state index in [2.05, 4.69) is 55.2 Å². The van der Waals surface area contributed by atoms with E-state index in [0.717, 1.165) is 27.9 Å². The highest BCUT2D eigenvalue weighted by Crippen LogP contribution is 2.39. The van der Waals surface area contributed by atoms with Gasteiger partial charge in [0.05, 0.1) is 19.0 Å². The van der Waals surface area contributed by atoms with E-state index in [1.165, 1.54) is 36.5 Å². The molecule has 1 nitrogen and oxygen atoms in total. The van der Waals surface area contributed by atoms with Crippen molar-refractivity contribution < 1.29 is 8.96 Å². The molecule has 3 heteroatoms. The summed E-state index contributed by atoms with van der Waals surface area (Å²) in [5.74, 6) is -0.170. The van der Waals surface area contributed by atoms with Crippen LogP contribution in [0.25, 0.3) is 33.2 Å². The van der Waals surface area contributed by atoms with E-state index in [-0.39, 0.29) is 5.82 Å². The fourth-order valence-corrected chi connectivity index (χ4v) is 9.12. The van der Waals surface area contributed by atoms with E-state index in [1.54, 1.807) is 11.3 Å². The van der Waals surface area contributed by atoms with Crippen molar-refractivity contribution in [3.8, 4) is 22.4 Å². The Morgan fingerprint density at radius 1 is 0.879 bits per heavy atom. The van der Waals surface area contributed by atoms with Crippen LogP contribution in [0.1, 0.15) is 31.2 Å². The Kier molecular flexibility index (Phi) is 5.70. The predicted octanol–water partition coefficient (Wildman–Crippen LogP) is 7.31. The van der Waals surface area contributed by atoms with E-state index >= 15 is 0 Å². The molecule has 4 aromatic rings. The quantitative estimate of drug-likeness (QED) is 0.225. The number of hydrogen-bond donors (Lipinski definition) is 0. The standard InChI is InChI=1S/C30H33FNSi/c1-21-18-29(31)28(22-10-6-5-7-11-22)20-27(21)30-26-15-14-25(19-23(26)16-17-32(30)2)33(3,4)24-12-8-9-13-24/h5-7,10-11,14-20,24H,8-9,12-13H2,1-4H3/q+1. The first-order chi connectivity index (χ1) is 15.9. The molecule has 0 amide bonds. The lowest BCUT2D eigenvalue weighted by atomic mass is 9.94. The Morgan fingerprint density at radius 3 is 2.33 bits per heavy atom. The molecule has 1 saturated carbocycles. The maximum atomic E-state index is 15.0. The fraction of sp³-hybridized carbons (Fsp3) is 0.300. The molecule has 0 N–H and O–H groups in total. The highest BCUT2D eigenvalue weighted by molar-refractivity contribution is 6.91. The van der Waals surface area contributed by atoms with Gasteiger partial charge in [-0.3, -0.25) is 0 Å². The lowest BCUT2D eigenvalue weighted by Crippen LogP contribution is -2.45. The number of halogens is 1. The van der Waals surface area contributed by atoms with Gasteiger partial charge in [0, 0.05) is 11.6 Å². The van der Waals surface area contributed by atoms with Gasteiger partial charge in [0.1, 0.15) is 12.9 Å². The maximum Gasteiger partial charge on any atom is 0.220 e. The van der Waals surface area contributed by atoms with Crippen molar-refractivity contribution in [2.45, 2.75) is 51.2 Å². The van der Waals surface area contributed by atoms with Crippen molar-refractivity contribution in [3.63, 3.8) is 0 Å². The topological polar surface area (TPSA) is 3.88 Å². The first kappa shape index (κ1) is 22.0. The Hall–Kier alpha value is -2.78. The minimum absolute atomic E-state index is 0.170. The third-order valence-corrected chi connectivity index (χ3v) is 12.3. The molecule has 0 radical (unpaired) electrons. The molecule has 1 heterocycles. The minimum Gasteiger partial charge on any atom is -0.206 e. The molecular formula is C30H33FNSi+. The lowest BCUT2D eigenvalue weighted by molar-refractivity contribution is -0.659. The van der Waals surface area contributed by atoms with Crippen molar-refractivity contribution >= 4 is 24.0 Å². The Balaban J connectivity index is 1.67. The van der Waals surface area contributed by atoms with E-state index in [0.29, 0.717) is 5.56 Å². The van der Waals surface area contributed by atoms with E-state index in [1.807, 2.05) is 43.3 Å². The zero-order valence-corrected chi connectivity index (χ0v) is 21.2. The third-order valence-electron chi connectivity index (χ3n) is 7.91. The fourth-order valence-electron chi connectivity index (χ4n) is 5.76. The van der Waals surface area contributed by atoms with Gasteiger partial charge in [0.2, 0.25) is 5.69 Å². The second-order valence-electron chi connectivity index (χ2n) is 10.3. The number of aromatic nitrogens is 1. The minimum atomic E-state index is -1.50. The predicted molar refractivity (Wildman–Crippen MR) is 140 cm³/mol. The van der Waals surface area contributed by atoms with Crippen LogP contribution < -0.4 is 9.75 Å². The molecule has 33 heavy (non-hydrogen) atoms. The SMILES string of the molecule is Cc1cc(F)c(-c2ccccc2)cc1-c1c2ccc([Si](C)(C)C3CCCC3)cc2cc[n+]1C. The molecule has 0 aliphatic heterocycles. The Morgan fingerprint density at radius 2 is 1.61 bits per heavy atom. The molecule has 0 unspecified atom stereocenters. The number of nitrogens with zero attached hydrogens (tertiary/aromatic N) is 1. The number of hydrogen-bond acceptors (Lipinski definition) is 0. The average Bonchev–Trinajstić information content (AvgIpc) is 3.36. The van der Waals surface area contributed by atoms with E-state index in [4.69, 9.17) is 0 Å². The normalized spacial score (nSPS) is 14.8. The van der Waals surface area contributed by atoms with Crippen LogP contribution in [0.5, 0.6) is 0 Å². The summed E-state index contributed by atoms with van der Waals surface area (Å²) in [7, 11) is 0.587. The largest absolute Gasteiger partial charge is 0.220 e. The van der Waals surface area contributed by atoms with Gasteiger partial charge in [-0.2, -0.15) is 0 Å². The molecule has 0 atom stereocenters. The summed E-state index contributed by atoms with van der Waals surface area (Å²) in [6.45, 7) is 7.10. The summed E-state index contributed by atoms with van der Waals surface area (Å²) < 4.78 is 17.2. The van der Waals surface area contributed by atoms with Gasteiger partial charge >= 0.3 is 0 Å². The van der Waals surface area contributed by atoms with Crippen LogP contribution in [-0.2, 0) is 7.05 Å². The average molecular weight is 455 g/mol. The highest BCUT2D eigenvalue weighted by atomic mass is 28.3. The van der Waals surface area contributed by atoms with Crippen LogP contribution in [0.15, 0.2) is 72.9 Å². The lowest BCUT2D eigenvalue weighted by Gasteiger charge is -2.30. The molecule has 1 fully saturated rings. The summed E-state index contributed by atoms with van der Waals surface area (Å²) in [5, 5.41) is 4.07. The molecule has 1 aliphatic rings. The third kappa shape index (κ3) is 3.93. The number of benzene rings is 3. The van der Waals surface area contributed by atoms with Gasteiger partial charge in [0.25, 0.3) is 0 Å². The van der Waals surface area contributed by atoms with Crippen molar-refractivity contribution in [2.75, 3.05) is 0 Å². The molecule has 168 valence electrons. The maximum absolute atomic E-state index is 15.0. The first-order valence-electron chi connectivity index (χ1n) is 12.1. The molecule has 5 rings (SSSR count). The number of fused-ring (bicyclic) bond motifs is 1. The van der Waals surface area contributed by atoms with Crippen molar-refractivity contribution in [3.05, 3.63) is 84.3 Å². The van der Waals surface area contributed by atoms with Gasteiger partial charge in [0.15, 0.2) is 6.20 Å². The van der Waals surface area contributed by atoms with Crippen LogP contribution in [-0.4, -0.2) is 8.07 Å². The monoisotopic (exact) mass is 454 g/mol. The Labute approximate surface area is 197 Å². The van der Waals surface area contributed by atoms with Gasteiger partial charge in [-0.05, 0) is 47.2 Å². The summed E-state index contributed by atoms with van der Waals surface area (Å²) in [6, 6.07) is 22.9. The zero-order valence-electron chi connectivity index (χ0n) is 20.2. The molecule has 0 bridgehead atoms. The molecule has 1 aliphatic carbocycles. The van der Waals surface area contributed by atoms with Crippen molar-refractivity contribution in [1.82, 2.24) is 0 Å². The van der Waals surface area contributed by atoms with Crippen LogP contribution in [0, 0.1) is 12.7 Å². The molecule has 0 spiro atoms. The van der Waals surface area contributed by atoms with Gasteiger partial charge < -0.3 is 0 Å². The van der Waals surface area contributed by atoms with E-state index < -0.39 is 8.07 Å². The second-order valence-corrected chi connectivity index (χ2v) is 15.1. The highest BCUT2D eigenvalue weighted by Gasteiger charge is 2.35.